The van der Waals surface area contributed by atoms with E-state index in [2.05, 4.69) is 25.1 Å². The molecule has 2 aromatic rings. The third-order valence-corrected chi connectivity index (χ3v) is 6.51. The van der Waals surface area contributed by atoms with E-state index in [1.807, 2.05) is 0 Å². The Morgan fingerprint density at radius 3 is 2.54 bits per heavy atom. The number of aryl methyl sites for hydroxylation is 1. The van der Waals surface area contributed by atoms with Crippen molar-refractivity contribution in [3.8, 4) is 5.88 Å². The van der Waals surface area contributed by atoms with Crippen LogP contribution in [0.2, 0.25) is 0 Å². The van der Waals surface area contributed by atoms with Crippen molar-refractivity contribution < 1.29 is 19.4 Å². The van der Waals surface area contributed by atoms with Gasteiger partial charge in [0.15, 0.2) is 0 Å². The first-order chi connectivity index (χ1) is 13.6. The summed E-state index contributed by atoms with van der Waals surface area (Å²) in [6.45, 7) is 3.68. The Kier molecular flexibility index (Phi) is 4.50. The number of benzene rings is 1. The standard InChI is InChI=1S/C23H27NO4/c1-13-2-5-18-19(10-13)22(28-17-11-16(12-17)23(25)26)24-21(20(18)14-3-4-14)15-6-8-27-9-7-15/h2,5,10,14-17H,3-4,6-9,11-12H2,1H3,(H,25,26). The van der Waals surface area contributed by atoms with Crippen LogP contribution in [0.3, 0.4) is 0 Å². The molecule has 1 aliphatic heterocycles. The number of carbonyl (C=O) groups is 1. The van der Waals surface area contributed by atoms with E-state index in [1.54, 1.807) is 0 Å². The maximum atomic E-state index is 11.1. The van der Waals surface area contributed by atoms with Crippen LogP contribution >= 0.6 is 0 Å². The number of hydrogen-bond acceptors (Lipinski definition) is 4. The first kappa shape index (κ1) is 17.9. The first-order valence-corrected chi connectivity index (χ1v) is 10.5. The number of aromatic nitrogens is 1. The van der Waals surface area contributed by atoms with E-state index in [0.29, 0.717) is 30.6 Å². The molecule has 0 spiro atoms. The molecule has 3 fully saturated rings. The molecular weight excluding hydrogens is 354 g/mol. The third-order valence-electron chi connectivity index (χ3n) is 6.51. The minimum absolute atomic E-state index is 0.0494. The maximum absolute atomic E-state index is 11.1. The molecule has 1 aromatic heterocycles. The van der Waals surface area contributed by atoms with Crippen LogP contribution in [0.1, 0.15) is 67.2 Å². The average molecular weight is 381 g/mol. The second-order valence-electron chi connectivity index (χ2n) is 8.67. The highest BCUT2D eigenvalue weighted by molar-refractivity contribution is 5.92. The van der Waals surface area contributed by atoms with Gasteiger partial charge in [0.25, 0.3) is 0 Å². The van der Waals surface area contributed by atoms with Gasteiger partial charge in [-0.3, -0.25) is 4.79 Å². The predicted octanol–water partition coefficient (Wildman–Crippen LogP) is 4.56. The fraction of sp³-hybridized carbons (Fsp3) is 0.565. The molecular formula is C23H27NO4. The summed E-state index contributed by atoms with van der Waals surface area (Å²) in [6.07, 6.45) is 5.59. The molecule has 5 nitrogen and oxygen atoms in total. The van der Waals surface area contributed by atoms with Gasteiger partial charge in [-0.2, -0.15) is 0 Å². The fourth-order valence-electron chi connectivity index (χ4n) is 4.63. The molecule has 148 valence electrons. The van der Waals surface area contributed by atoms with Gasteiger partial charge in [0, 0.05) is 24.5 Å². The van der Waals surface area contributed by atoms with Gasteiger partial charge >= 0.3 is 5.97 Å². The van der Waals surface area contributed by atoms with Crippen LogP contribution in [0.5, 0.6) is 5.88 Å². The summed E-state index contributed by atoms with van der Waals surface area (Å²) in [4.78, 5) is 16.2. The van der Waals surface area contributed by atoms with Crippen molar-refractivity contribution in [2.75, 3.05) is 13.2 Å². The summed E-state index contributed by atoms with van der Waals surface area (Å²) in [5.74, 6) is 0.730. The molecule has 2 aliphatic carbocycles. The number of rotatable bonds is 5. The lowest BCUT2D eigenvalue weighted by atomic mass is 9.82. The Morgan fingerprint density at radius 1 is 1.11 bits per heavy atom. The number of aliphatic carboxylic acids is 1. The molecule has 5 heteroatoms. The Balaban J connectivity index is 1.57. The average Bonchev–Trinajstić information content (AvgIpc) is 3.49. The highest BCUT2D eigenvalue weighted by Crippen LogP contribution is 2.49. The molecule has 0 amide bonds. The monoisotopic (exact) mass is 381 g/mol. The van der Waals surface area contributed by atoms with Crippen molar-refractivity contribution in [3.63, 3.8) is 0 Å². The van der Waals surface area contributed by atoms with E-state index in [9.17, 15) is 4.79 Å². The summed E-state index contributed by atoms with van der Waals surface area (Å²) in [5, 5.41) is 11.5. The number of ether oxygens (including phenoxy) is 2. The van der Waals surface area contributed by atoms with Gasteiger partial charge in [-0.25, -0.2) is 4.98 Å². The largest absolute Gasteiger partial charge is 0.481 e. The molecule has 0 unspecified atom stereocenters. The zero-order valence-electron chi connectivity index (χ0n) is 16.3. The van der Waals surface area contributed by atoms with Crippen molar-refractivity contribution in [3.05, 3.63) is 35.0 Å². The van der Waals surface area contributed by atoms with Crippen LogP contribution in [-0.4, -0.2) is 35.4 Å². The van der Waals surface area contributed by atoms with Crippen LogP contribution in [0.15, 0.2) is 18.2 Å². The normalized spacial score (nSPS) is 25.5. The van der Waals surface area contributed by atoms with Crippen molar-refractivity contribution in [1.29, 1.82) is 0 Å². The van der Waals surface area contributed by atoms with Crippen molar-refractivity contribution >= 4 is 16.7 Å². The number of fused-ring (bicyclic) bond motifs is 1. The minimum atomic E-state index is -0.722. The molecule has 2 saturated carbocycles. The molecule has 0 radical (unpaired) electrons. The number of carboxylic acids is 1. The summed E-state index contributed by atoms with van der Waals surface area (Å²) in [7, 11) is 0. The van der Waals surface area contributed by atoms with Crippen molar-refractivity contribution in [2.24, 2.45) is 5.92 Å². The number of pyridine rings is 1. The van der Waals surface area contributed by atoms with E-state index in [1.165, 1.54) is 35.0 Å². The minimum Gasteiger partial charge on any atom is -0.481 e. The van der Waals surface area contributed by atoms with Gasteiger partial charge in [0.1, 0.15) is 6.10 Å². The van der Waals surface area contributed by atoms with E-state index in [0.717, 1.165) is 31.4 Å². The lowest BCUT2D eigenvalue weighted by Crippen LogP contribution is -2.38. The highest BCUT2D eigenvalue weighted by atomic mass is 16.5. The predicted molar refractivity (Wildman–Crippen MR) is 106 cm³/mol. The Bertz CT molecular complexity index is 908. The fourth-order valence-corrected chi connectivity index (χ4v) is 4.63. The van der Waals surface area contributed by atoms with Gasteiger partial charge in [-0.1, -0.05) is 17.7 Å². The third kappa shape index (κ3) is 3.26. The molecule has 3 aliphatic rings. The van der Waals surface area contributed by atoms with Gasteiger partial charge in [0.05, 0.1) is 11.6 Å². The summed E-state index contributed by atoms with van der Waals surface area (Å²) in [6, 6.07) is 6.58. The molecule has 5 rings (SSSR count). The molecule has 0 bridgehead atoms. The quantitative estimate of drug-likeness (QED) is 0.822. The molecule has 1 aromatic carbocycles. The Hall–Kier alpha value is -2.14. The lowest BCUT2D eigenvalue weighted by molar-refractivity contribution is -0.148. The number of nitrogens with zero attached hydrogens (tertiary/aromatic N) is 1. The summed E-state index contributed by atoms with van der Waals surface area (Å²) >= 11 is 0. The number of carboxylic acid groups (broad SMARTS) is 1. The van der Waals surface area contributed by atoms with Gasteiger partial charge in [-0.05, 0) is 68.4 Å². The van der Waals surface area contributed by atoms with Crippen LogP contribution in [-0.2, 0) is 9.53 Å². The lowest BCUT2D eigenvalue weighted by Gasteiger charge is -2.33. The Labute approximate surface area is 165 Å². The zero-order valence-corrected chi connectivity index (χ0v) is 16.3. The number of hydrogen-bond donors (Lipinski definition) is 1. The first-order valence-electron chi connectivity index (χ1n) is 10.5. The van der Waals surface area contributed by atoms with Crippen molar-refractivity contribution in [2.45, 2.75) is 63.4 Å². The second kappa shape index (κ2) is 7.03. The summed E-state index contributed by atoms with van der Waals surface area (Å²) < 4.78 is 11.9. The zero-order chi connectivity index (χ0) is 19.3. The smallest absolute Gasteiger partial charge is 0.306 e. The topological polar surface area (TPSA) is 68.7 Å². The molecule has 1 N–H and O–H groups in total. The van der Waals surface area contributed by atoms with Gasteiger partial charge in [0.2, 0.25) is 5.88 Å². The molecule has 2 heterocycles. The Morgan fingerprint density at radius 2 is 1.86 bits per heavy atom. The van der Waals surface area contributed by atoms with Crippen LogP contribution < -0.4 is 4.74 Å². The second-order valence-corrected chi connectivity index (χ2v) is 8.67. The van der Waals surface area contributed by atoms with Crippen molar-refractivity contribution in [1.82, 2.24) is 4.98 Å². The van der Waals surface area contributed by atoms with Gasteiger partial charge in [-0.15, -0.1) is 0 Å². The van der Waals surface area contributed by atoms with Crippen LogP contribution in [0.25, 0.3) is 10.8 Å². The molecule has 0 atom stereocenters. The summed E-state index contributed by atoms with van der Waals surface area (Å²) in [5.41, 5.74) is 3.81. The van der Waals surface area contributed by atoms with E-state index < -0.39 is 5.97 Å². The molecule has 1 saturated heterocycles. The SMILES string of the molecule is Cc1ccc2c(C3CC3)c(C3CCOCC3)nc(OC3CC(C(=O)O)C3)c2c1. The van der Waals surface area contributed by atoms with Crippen LogP contribution in [0, 0.1) is 12.8 Å². The van der Waals surface area contributed by atoms with Crippen LogP contribution in [0.4, 0.5) is 0 Å². The van der Waals surface area contributed by atoms with E-state index >= 15 is 0 Å². The van der Waals surface area contributed by atoms with Gasteiger partial charge < -0.3 is 14.6 Å². The van der Waals surface area contributed by atoms with E-state index in [-0.39, 0.29) is 12.0 Å². The highest BCUT2D eigenvalue weighted by Gasteiger charge is 2.38. The molecule has 28 heavy (non-hydrogen) atoms. The van der Waals surface area contributed by atoms with E-state index in [4.69, 9.17) is 19.6 Å². The maximum Gasteiger partial charge on any atom is 0.306 e.